The third kappa shape index (κ3) is 4.34. The van der Waals surface area contributed by atoms with Crippen molar-refractivity contribution in [2.45, 2.75) is 32.5 Å². The van der Waals surface area contributed by atoms with E-state index in [1.54, 1.807) is 12.1 Å². The maximum Gasteiger partial charge on any atom is 0.335 e. The first-order chi connectivity index (χ1) is 12.2. The largest absolute Gasteiger partial charge is 0.478 e. The van der Waals surface area contributed by atoms with Gasteiger partial charge in [-0.1, -0.05) is 23.8 Å². The fourth-order valence-corrected chi connectivity index (χ4v) is 5.85. The SMILES string of the molecule is CC(C)=CCN1CCN(Cc2ccc(C(=O)O)cc2)[C@@H]2CS(=O)(=O)C[C@@H]21. The molecular formula is C19H26N2O4S. The van der Waals surface area contributed by atoms with Crippen molar-refractivity contribution in [2.75, 3.05) is 31.1 Å². The van der Waals surface area contributed by atoms with Crippen molar-refractivity contribution in [3.63, 3.8) is 0 Å². The number of benzene rings is 1. The summed E-state index contributed by atoms with van der Waals surface area (Å²) in [5.74, 6) is -0.509. The standard InChI is InChI=1S/C19H26N2O4S/c1-14(2)7-8-20-9-10-21(18-13-26(24,25)12-17(18)20)11-15-3-5-16(6-4-15)19(22)23/h3-7,17-18H,8-13H2,1-2H3,(H,22,23)/t17-,18+/m0/s1. The van der Waals surface area contributed by atoms with Crippen LogP contribution in [-0.2, 0) is 16.4 Å². The van der Waals surface area contributed by atoms with Crippen LogP contribution in [0.3, 0.4) is 0 Å². The van der Waals surface area contributed by atoms with E-state index in [9.17, 15) is 13.2 Å². The van der Waals surface area contributed by atoms with Gasteiger partial charge in [0, 0.05) is 38.3 Å². The Morgan fingerprint density at radius 3 is 2.27 bits per heavy atom. The molecule has 1 aromatic carbocycles. The predicted octanol–water partition coefficient (Wildman–Crippen LogP) is 1.63. The number of carboxylic acid groups (broad SMARTS) is 1. The third-order valence-corrected chi connectivity index (χ3v) is 6.93. The molecule has 0 amide bonds. The van der Waals surface area contributed by atoms with E-state index < -0.39 is 15.8 Å². The third-order valence-electron chi connectivity index (χ3n) is 5.23. The molecule has 1 N–H and O–H groups in total. The van der Waals surface area contributed by atoms with Gasteiger partial charge in [-0.3, -0.25) is 9.80 Å². The lowest BCUT2D eigenvalue weighted by molar-refractivity contribution is 0.0478. The first kappa shape index (κ1) is 19.1. The van der Waals surface area contributed by atoms with Crippen LogP contribution in [0.1, 0.15) is 29.8 Å². The van der Waals surface area contributed by atoms with E-state index >= 15 is 0 Å². The Morgan fingerprint density at radius 1 is 1.12 bits per heavy atom. The second-order valence-corrected chi connectivity index (χ2v) is 9.61. The second-order valence-electron chi connectivity index (χ2n) is 7.46. The molecule has 2 aliphatic rings. The summed E-state index contributed by atoms with van der Waals surface area (Å²) in [4.78, 5) is 15.5. The molecule has 0 spiro atoms. The first-order valence-electron chi connectivity index (χ1n) is 8.89. The molecule has 3 rings (SSSR count). The van der Waals surface area contributed by atoms with Crippen LogP contribution < -0.4 is 0 Å². The molecule has 2 heterocycles. The number of hydrogen-bond acceptors (Lipinski definition) is 5. The molecule has 7 heteroatoms. The number of allylic oxidation sites excluding steroid dienone is 1. The van der Waals surface area contributed by atoms with Crippen molar-refractivity contribution in [2.24, 2.45) is 0 Å². The Hall–Kier alpha value is -1.70. The van der Waals surface area contributed by atoms with Gasteiger partial charge in [0.25, 0.3) is 0 Å². The number of piperazine rings is 1. The maximum atomic E-state index is 12.3. The molecule has 0 aliphatic carbocycles. The summed E-state index contributed by atoms with van der Waals surface area (Å²) < 4.78 is 24.5. The van der Waals surface area contributed by atoms with Gasteiger partial charge in [0.1, 0.15) is 0 Å². The van der Waals surface area contributed by atoms with Crippen LogP contribution in [0.2, 0.25) is 0 Å². The van der Waals surface area contributed by atoms with Crippen molar-refractivity contribution in [3.8, 4) is 0 Å². The van der Waals surface area contributed by atoms with Crippen LogP contribution in [0.15, 0.2) is 35.9 Å². The van der Waals surface area contributed by atoms with Gasteiger partial charge in [-0.2, -0.15) is 0 Å². The molecule has 2 aliphatic heterocycles. The number of hydrogen-bond donors (Lipinski definition) is 1. The van der Waals surface area contributed by atoms with Crippen LogP contribution in [-0.4, -0.2) is 72.5 Å². The molecule has 1 aromatic rings. The highest BCUT2D eigenvalue weighted by atomic mass is 32.2. The molecule has 2 atom stereocenters. The number of carbonyl (C=O) groups is 1. The molecule has 0 bridgehead atoms. The lowest BCUT2D eigenvalue weighted by Gasteiger charge is -2.43. The smallest absolute Gasteiger partial charge is 0.335 e. The van der Waals surface area contributed by atoms with Crippen molar-refractivity contribution in [1.82, 2.24) is 9.80 Å². The van der Waals surface area contributed by atoms with E-state index in [1.165, 1.54) is 5.57 Å². The molecule has 0 saturated carbocycles. The monoisotopic (exact) mass is 378 g/mol. The van der Waals surface area contributed by atoms with E-state index in [-0.39, 0.29) is 29.2 Å². The molecule has 2 saturated heterocycles. The van der Waals surface area contributed by atoms with Gasteiger partial charge >= 0.3 is 5.97 Å². The molecule has 0 radical (unpaired) electrons. The number of carboxylic acids is 1. The topological polar surface area (TPSA) is 77.9 Å². The van der Waals surface area contributed by atoms with Crippen LogP contribution in [0, 0.1) is 0 Å². The van der Waals surface area contributed by atoms with Gasteiger partial charge in [-0.25, -0.2) is 13.2 Å². The Kier molecular flexibility index (Phi) is 5.50. The van der Waals surface area contributed by atoms with E-state index in [4.69, 9.17) is 5.11 Å². The molecule has 0 unspecified atom stereocenters. The number of rotatable bonds is 5. The molecule has 0 aromatic heterocycles. The van der Waals surface area contributed by atoms with E-state index in [0.29, 0.717) is 6.54 Å². The Labute approximate surface area is 155 Å². The fraction of sp³-hybridized carbons (Fsp3) is 0.526. The van der Waals surface area contributed by atoms with Crippen molar-refractivity contribution >= 4 is 15.8 Å². The highest BCUT2D eigenvalue weighted by Crippen LogP contribution is 2.28. The highest BCUT2D eigenvalue weighted by Gasteiger charge is 2.46. The van der Waals surface area contributed by atoms with Crippen LogP contribution in [0.4, 0.5) is 0 Å². The Balaban J connectivity index is 1.75. The summed E-state index contributed by atoms with van der Waals surface area (Å²) in [6.45, 7) is 7.20. The van der Waals surface area contributed by atoms with Gasteiger partial charge in [-0.05, 0) is 31.5 Å². The number of sulfone groups is 1. The normalized spacial score (nSPS) is 25.6. The van der Waals surface area contributed by atoms with Gasteiger partial charge in [-0.15, -0.1) is 0 Å². The Bertz CT molecular complexity index is 797. The summed E-state index contributed by atoms with van der Waals surface area (Å²) in [7, 11) is -3.03. The van der Waals surface area contributed by atoms with Crippen LogP contribution in [0.5, 0.6) is 0 Å². The van der Waals surface area contributed by atoms with E-state index in [2.05, 4.69) is 29.7 Å². The fourth-order valence-electron chi connectivity index (χ4n) is 3.81. The maximum absolute atomic E-state index is 12.3. The molecule has 142 valence electrons. The van der Waals surface area contributed by atoms with E-state index in [1.807, 2.05) is 12.1 Å². The zero-order valence-corrected chi connectivity index (χ0v) is 16.1. The number of fused-ring (bicyclic) bond motifs is 1. The minimum absolute atomic E-state index is 0.00142. The molecule has 26 heavy (non-hydrogen) atoms. The van der Waals surface area contributed by atoms with Crippen molar-refractivity contribution in [3.05, 3.63) is 47.0 Å². The molecule has 6 nitrogen and oxygen atoms in total. The lowest BCUT2D eigenvalue weighted by Crippen LogP contribution is -2.58. The summed E-state index contributed by atoms with van der Waals surface area (Å²) in [5, 5.41) is 9.01. The minimum atomic E-state index is -3.03. The summed E-state index contributed by atoms with van der Waals surface area (Å²) in [5.41, 5.74) is 2.51. The summed E-state index contributed by atoms with van der Waals surface area (Å²) >= 11 is 0. The summed E-state index contributed by atoms with van der Waals surface area (Å²) in [6, 6.07) is 6.87. The van der Waals surface area contributed by atoms with Crippen LogP contribution in [0.25, 0.3) is 0 Å². The summed E-state index contributed by atoms with van der Waals surface area (Å²) in [6.07, 6.45) is 2.16. The highest BCUT2D eigenvalue weighted by molar-refractivity contribution is 7.91. The van der Waals surface area contributed by atoms with Crippen molar-refractivity contribution < 1.29 is 18.3 Å². The minimum Gasteiger partial charge on any atom is -0.478 e. The first-order valence-corrected chi connectivity index (χ1v) is 10.7. The van der Waals surface area contributed by atoms with Gasteiger partial charge in [0.05, 0.1) is 17.1 Å². The molecule has 2 fully saturated rings. The van der Waals surface area contributed by atoms with E-state index in [0.717, 1.165) is 25.2 Å². The molecular weight excluding hydrogens is 352 g/mol. The van der Waals surface area contributed by atoms with Gasteiger partial charge in [0.2, 0.25) is 0 Å². The van der Waals surface area contributed by atoms with Crippen molar-refractivity contribution in [1.29, 1.82) is 0 Å². The quantitative estimate of drug-likeness (QED) is 0.785. The number of nitrogens with zero attached hydrogens (tertiary/aromatic N) is 2. The Morgan fingerprint density at radius 2 is 1.69 bits per heavy atom. The zero-order valence-electron chi connectivity index (χ0n) is 15.3. The van der Waals surface area contributed by atoms with Crippen LogP contribution >= 0.6 is 0 Å². The van der Waals surface area contributed by atoms with Gasteiger partial charge in [0.15, 0.2) is 9.84 Å². The average molecular weight is 378 g/mol. The predicted molar refractivity (Wildman–Crippen MR) is 101 cm³/mol. The second kappa shape index (κ2) is 7.50. The zero-order chi connectivity index (χ0) is 18.9. The van der Waals surface area contributed by atoms with Gasteiger partial charge < -0.3 is 5.11 Å². The lowest BCUT2D eigenvalue weighted by atomic mass is 10.0. The average Bonchev–Trinajstić information content (AvgIpc) is 2.90. The number of aromatic carboxylic acids is 1.